The van der Waals surface area contributed by atoms with E-state index in [1.54, 1.807) is 0 Å². The maximum Gasteiger partial charge on any atom is 0.191 e. The molecule has 1 aromatic carbocycles. The molecule has 0 saturated heterocycles. The molecule has 1 saturated carbocycles. The van der Waals surface area contributed by atoms with Gasteiger partial charge in [0.25, 0.3) is 0 Å². The van der Waals surface area contributed by atoms with Crippen LogP contribution in [0.5, 0.6) is 0 Å². The zero-order valence-corrected chi connectivity index (χ0v) is 14.8. The highest BCUT2D eigenvalue weighted by atomic mass is 127. The molecule has 0 bridgehead atoms. The van der Waals surface area contributed by atoms with Crippen molar-refractivity contribution in [1.82, 2.24) is 10.6 Å². The third-order valence-electron chi connectivity index (χ3n) is 3.54. The summed E-state index contributed by atoms with van der Waals surface area (Å²) in [5, 5.41) is 6.87. The second-order valence-corrected chi connectivity index (χ2v) is 5.31. The van der Waals surface area contributed by atoms with E-state index in [1.807, 2.05) is 0 Å². The number of nitrogens with one attached hydrogen (secondary N) is 2. The Morgan fingerprint density at radius 2 is 2.05 bits per heavy atom. The number of aliphatic imine (C=N–C) groups is 1. The lowest BCUT2D eigenvalue weighted by Gasteiger charge is -2.16. The van der Waals surface area contributed by atoms with E-state index in [2.05, 4.69) is 53.7 Å². The predicted molar refractivity (Wildman–Crippen MR) is 96.8 cm³/mol. The quantitative estimate of drug-likeness (QED) is 0.471. The molecule has 0 radical (unpaired) electrons. The number of halogens is 1. The summed E-state index contributed by atoms with van der Waals surface area (Å²) in [5.74, 6) is 0.955. The van der Waals surface area contributed by atoms with Crippen LogP contribution in [-0.4, -0.2) is 18.5 Å². The fourth-order valence-electron chi connectivity index (χ4n) is 2.56. The van der Waals surface area contributed by atoms with Crippen LogP contribution in [0.25, 0.3) is 0 Å². The summed E-state index contributed by atoms with van der Waals surface area (Å²) in [4.78, 5) is 4.68. The van der Waals surface area contributed by atoms with Crippen LogP contribution in [0.3, 0.4) is 0 Å². The highest BCUT2D eigenvalue weighted by Crippen LogP contribution is 2.17. The van der Waals surface area contributed by atoms with E-state index in [0.29, 0.717) is 6.04 Å². The van der Waals surface area contributed by atoms with Crippen molar-refractivity contribution in [2.24, 2.45) is 4.99 Å². The van der Waals surface area contributed by atoms with Gasteiger partial charge in [0.2, 0.25) is 0 Å². The van der Waals surface area contributed by atoms with Crippen LogP contribution in [0.4, 0.5) is 0 Å². The van der Waals surface area contributed by atoms with E-state index in [-0.39, 0.29) is 24.0 Å². The van der Waals surface area contributed by atoms with Crippen LogP contribution in [0.2, 0.25) is 0 Å². The van der Waals surface area contributed by atoms with Gasteiger partial charge in [-0.05, 0) is 32.3 Å². The van der Waals surface area contributed by atoms with Crippen LogP contribution in [0.1, 0.15) is 43.7 Å². The van der Waals surface area contributed by atoms with Crippen molar-refractivity contribution >= 4 is 29.9 Å². The summed E-state index contributed by atoms with van der Waals surface area (Å²) in [6.07, 6.45) is 5.23. The molecule has 2 N–H and O–H groups in total. The van der Waals surface area contributed by atoms with Gasteiger partial charge in [0.05, 0.1) is 6.54 Å². The van der Waals surface area contributed by atoms with Crippen molar-refractivity contribution < 1.29 is 0 Å². The van der Waals surface area contributed by atoms with Crippen molar-refractivity contribution in [2.45, 2.75) is 52.1 Å². The van der Waals surface area contributed by atoms with Crippen LogP contribution >= 0.6 is 24.0 Å². The first-order valence-corrected chi connectivity index (χ1v) is 7.38. The molecule has 112 valence electrons. The SMILES string of the molecule is CCNC(=NCc1cccc(C)c1)NC1CCCC1.I. The highest BCUT2D eigenvalue weighted by Gasteiger charge is 2.15. The third-order valence-corrected chi connectivity index (χ3v) is 3.54. The number of nitrogens with zero attached hydrogens (tertiary/aromatic N) is 1. The molecule has 3 nitrogen and oxygen atoms in total. The summed E-state index contributed by atoms with van der Waals surface area (Å²) in [7, 11) is 0. The number of hydrogen-bond acceptors (Lipinski definition) is 1. The van der Waals surface area contributed by atoms with Crippen molar-refractivity contribution in [3.05, 3.63) is 35.4 Å². The molecule has 0 aromatic heterocycles. The molecule has 0 amide bonds. The molecule has 0 atom stereocenters. The lowest BCUT2D eigenvalue weighted by molar-refractivity contribution is 0.614. The average Bonchev–Trinajstić information content (AvgIpc) is 2.89. The van der Waals surface area contributed by atoms with Crippen LogP contribution in [0, 0.1) is 6.92 Å². The Bertz CT molecular complexity index is 425. The number of benzene rings is 1. The van der Waals surface area contributed by atoms with Gasteiger partial charge in [0.1, 0.15) is 0 Å². The molecule has 0 heterocycles. The molecular formula is C16H26IN3. The van der Waals surface area contributed by atoms with Crippen molar-refractivity contribution in [3.8, 4) is 0 Å². The van der Waals surface area contributed by atoms with Gasteiger partial charge in [-0.1, -0.05) is 42.7 Å². The molecule has 1 fully saturated rings. The normalized spacial score (nSPS) is 15.8. The Hall–Kier alpha value is -0.780. The van der Waals surface area contributed by atoms with Gasteiger partial charge in [-0.3, -0.25) is 0 Å². The second-order valence-electron chi connectivity index (χ2n) is 5.31. The molecule has 0 spiro atoms. The third kappa shape index (κ3) is 5.69. The first-order valence-electron chi connectivity index (χ1n) is 7.38. The summed E-state index contributed by atoms with van der Waals surface area (Å²) >= 11 is 0. The average molecular weight is 387 g/mol. The van der Waals surface area contributed by atoms with Crippen LogP contribution < -0.4 is 10.6 Å². The summed E-state index contributed by atoms with van der Waals surface area (Å²) in [6, 6.07) is 9.15. The number of aryl methyl sites for hydroxylation is 1. The van der Waals surface area contributed by atoms with Gasteiger partial charge in [0, 0.05) is 12.6 Å². The predicted octanol–water partition coefficient (Wildman–Crippen LogP) is 3.61. The van der Waals surface area contributed by atoms with Crippen LogP contribution in [-0.2, 0) is 6.54 Å². The van der Waals surface area contributed by atoms with E-state index < -0.39 is 0 Å². The Labute approximate surface area is 139 Å². The van der Waals surface area contributed by atoms with Crippen molar-refractivity contribution in [3.63, 3.8) is 0 Å². The Kier molecular flexibility index (Phi) is 7.95. The monoisotopic (exact) mass is 387 g/mol. The molecule has 20 heavy (non-hydrogen) atoms. The maximum absolute atomic E-state index is 4.68. The zero-order valence-electron chi connectivity index (χ0n) is 12.5. The molecule has 0 unspecified atom stereocenters. The summed E-state index contributed by atoms with van der Waals surface area (Å²) in [5.41, 5.74) is 2.56. The molecule has 1 aliphatic rings. The lowest BCUT2D eigenvalue weighted by Crippen LogP contribution is -2.42. The standard InChI is InChI=1S/C16H25N3.HI/c1-3-17-16(19-15-9-4-5-10-15)18-12-14-8-6-7-13(2)11-14;/h6-8,11,15H,3-5,9-10,12H2,1-2H3,(H2,17,18,19);1H. The van der Waals surface area contributed by atoms with E-state index in [1.165, 1.54) is 36.8 Å². The van der Waals surface area contributed by atoms with E-state index in [9.17, 15) is 0 Å². The van der Waals surface area contributed by atoms with E-state index in [4.69, 9.17) is 0 Å². The van der Waals surface area contributed by atoms with Crippen molar-refractivity contribution in [1.29, 1.82) is 0 Å². The number of rotatable bonds is 4. The lowest BCUT2D eigenvalue weighted by atomic mass is 10.1. The fraction of sp³-hybridized carbons (Fsp3) is 0.562. The molecule has 1 aromatic rings. The molecular weight excluding hydrogens is 361 g/mol. The highest BCUT2D eigenvalue weighted by molar-refractivity contribution is 14.0. The largest absolute Gasteiger partial charge is 0.357 e. The number of hydrogen-bond donors (Lipinski definition) is 2. The minimum Gasteiger partial charge on any atom is -0.357 e. The minimum atomic E-state index is 0. The maximum atomic E-state index is 4.68. The van der Waals surface area contributed by atoms with Crippen LogP contribution in [0.15, 0.2) is 29.3 Å². The fourth-order valence-corrected chi connectivity index (χ4v) is 2.56. The molecule has 4 heteroatoms. The zero-order chi connectivity index (χ0) is 13.5. The smallest absolute Gasteiger partial charge is 0.191 e. The minimum absolute atomic E-state index is 0. The van der Waals surface area contributed by atoms with E-state index in [0.717, 1.165) is 19.0 Å². The number of guanidine groups is 1. The van der Waals surface area contributed by atoms with Gasteiger partial charge in [-0.2, -0.15) is 0 Å². The Morgan fingerprint density at radius 1 is 1.30 bits per heavy atom. The second kappa shape index (κ2) is 9.21. The van der Waals surface area contributed by atoms with Gasteiger partial charge >= 0.3 is 0 Å². The molecule has 0 aliphatic heterocycles. The summed E-state index contributed by atoms with van der Waals surface area (Å²) < 4.78 is 0. The first-order chi connectivity index (χ1) is 9.28. The van der Waals surface area contributed by atoms with Gasteiger partial charge in [0.15, 0.2) is 5.96 Å². The van der Waals surface area contributed by atoms with Gasteiger partial charge < -0.3 is 10.6 Å². The van der Waals surface area contributed by atoms with Gasteiger partial charge in [-0.15, -0.1) is 24.0 Å². The molecule has 2 rings (SSSR count). The Balaban J connectivity index is 0.00000200. The topological polar surface area (TPSA) is 36.4 Å². The van der Waals surface area contributed by atoms with E-state index >= 15 is 0 Å². The first kappa shape index (κ1) is 17.3. The Morgan fingerprint density at radius 3 is 2.70 bits per heavy atom. The van der Waals surface area contributed by atoms with Gasteiger partial charge in [-0.25, -0.2) is 4.99 Å². The van der Waals surface area contributed by atoms with Crippen molar-refractivity contribution in [2.75, 3.05) is 6.54 Å². The summed E-state index contributed by atoms with van der Waals surface area (Å²) in [6.45, 7) is 5.88. The molecule has 1 aliphatic carbocycles.